The van der Waals surface area contributed by atoms with Crippen molar-refractivity contribution in [3.05, 3.63) is 35.4 Å². The van der Waals surface area contributed by atoms with Crippen molar-refractivity contribution in [1.29, 1.82) is 0 Å². The molecule has 1 N–H and O–H groups in total. The smallest absolute Gasteiger partial charge is 0.310 e. The molecule has 0 heterocycles. The van der Waals surface area contributed by atoms with E-state index in [2.05, 4.69) is 5.32 Å². The zero-order chi connectivity index (χ0) is 16.8. The van der Waals surface area contributed by atoms with Crippen molar-refractivity contribution in [2.45, 2.75) is 32.3 Å². The number of methoxy groups -OCH3 is 1. The molecule has 0 spiro atoms. The van der Waals surface area contributed by atoms with Crippen molar-refractivity contribution >= 4 is 29.2 Å². The van der Waals surface area contributed by atoms with Crippen LogP contribution in [-0.2, 0) is 14.3 Å². The summed E-state index contributed by atoms with van der Waals surface area (Å²) in [7, 11) is 1.50. The molecule has 1 aromatic rings. The highest BCUT2D eigenvalue weighted by Crippen LogP contribution is 2.28. The number of hydrogen-bond acceptors (Lipinski definition) is 4. The summed E-state index contributed by atoms with van der Waals surface area (Å²) in [6.45, 7) is 1.54. The van der Waals surface area contributed by atoms with Crippen LogP contribution in [0.2, 0.25) is 5.02 Å². The third-order valence-corrected chi connectivity index (χ3v) is 3.92. The van der Waals surface area contributed by atoms with Gasteiger partial charge in [0, 0.05) is 5.02 Å². The van der Waals surface area contributed by atoms with Crippen molar-refractivity contribution in [1.82, 2.24) is 0 Å². The number of allylic oxidation sites excluding steroid dienone is 2. The van der Waals surface area contributed by atoms with Gasteiger partial charge in [-0.15, -0.1) is 0 Å². The number of carbonyl (C=O) groups excluding carboxylic acids is 2. The SMILES string of the molecule is COc1ccc(Cl)cc1NC(=O)C(C)OC(=O)C1CC=CCC1. The van der Waals surface area contributed by atoms with Crippen LogP contribution in [0.15, 0.2) is 30.4 Å². The van der Waals surface area contributed by atoms with E-state index in [1.165, 1.54) is 7.11 Å². The second-order valence-electron chi connectivity index (χ2n) is 5.39. The van der Waals surface area contributed by atoms with Crippen molar-refractivity contribution in [3.63, 3.8) is 0 Å². The number of halogens is 1. The summed E-state index contributed by atoms with van der Waals surface area (Å²) < 4.78 is 10.4. The Morgan fingerprint density at radius 3 is 2.78 bits per heavy atom. The van der Waals surface area contributed by atoms with Gasteiger partial charge in [0.05, 0.1) is 18.7 Å². The number of esters is 1. The number of benzene rings is 1. The van der Waals surface area contributed by atoms with Crippen LogP contribution in [0.5, 0.6) is 5.75 Å². The van der Waals surface area contributed by atoms with Gasteiger partial charge in [-0.2, -0.15) is 0 Å². The number of carbonyl (C=O) groups is 2. The van der Waals surface area contributed by atoms with Crippen LogP contribution < -0.4 is 10.1 Å². The van der Waals surface area contributed by atoms with Crippen LogP contribution in [0.25, 0.3) is 0 Å². The molecule has 1 amide bonds. The van der Waals surface area contributed by atoms with Gasteiger partial charge < -0.3 is 14.8 Å². The molecule has 124 valence electrons. The van der Waals surface area contributed by atoms with Crippen LogP contribution >= 0.6 is 11.6 Å². The highest BCUT2D eigenvalue weighted by molar-refractivity contribution is 6.31. The van der Waals surface area contributed by atoms with E-state index in [-0.39, 0.29) is 11.9 Å². The lowest BCUT2D eigenvalue weighted by molar-refractivity contribution is -0.157. The maximum atomic E-state index is 12.2. The van der Waals surface area contributed by atoms with Crippen molar-refractivity contribution in [3.8, 4) is 5.75 Å². The first-order valence-corrected chi connectivity index (χ1v) is 7.89. The Morgan fingerprint density at radius 1 is 1.35 bits per heavy atom. The second-order valence-corrected chi connectivity index (χ2v) is 5.83. The molecule has 0 saturated heterocycles. The topological polar surface area (TPSA) is 64.6 Å². The van der Waals surface area contributed by atoms with E-state index in [1.54, 1.807) is 25.1 Å². The number of anilines is 1. The maximum absolute atomic E-state index is 12.2. The van der Waals surface area contributed by atoms with Crippen LogP contribution in [0.3, 0.4) is 0 Å². The van der Waals surface area contributed by atoms with Crippen LogP contribution in [-0.4, -0.2) is 25.1 Å². The summed E-state index contributed by atoms with van der Waals surface area (Å²) >= 11 is 5.92. The maximum Gasteiger partial charge on any atom is 0.310 e. The molecule has 0 bridgehead atoms. The molecule has 0 aromatic heterocycles. The molecule has 6 heteroatoms. The summed E-state index contributed by atoms with van der Waals surface area (Å²) in [6.07, 6.45) is 5.40. The Kier molecular flexibility index (Phi) is 6.04. The van der Waals surface area contributed by atoms with Gasteiger partial charge in [0.25, 0.3) is 5.91 Å². The highest BCUT2D eigenvalue weighted by atomic mass is 35.5. The average Bonchev–Trinajstić information content (AvgIpc) is 2.55. The number of amides is 1. The molecule has 1 aromatic carbocycles. The largest absolute Gasteiger partial charge is 0.495 e. The lowest BCUT2D eigenvalue weighted by Gasteiger charge is -2.20. The number of nitrogens with one attached hydrogen (secondary N) is 1. The molecule has 23 heavy (non-hydrogen) atoms. The molecule has 2 atom stereocenters. The molecule has 2 rings (SSSR count). The van der Waals surface area contributed by atoms with Gasteiger partial charge in [0.15, 0.2) is 6.10 Å². The van der Waals surface area contributed by atoms with Gasteiger partial charge in [-0.1, -0.05) is 23.8 Å². The van der Waals surface area contributed by atoms with Crippen LogP contribution in [0, 0.1) is 5.92 Å². The summed E-state index contributed by atoms with van der Waals surface area (Å²) in [4.78, 5) is 24.3. The molecule has 0 fully saturated rings. The predicted octanol–water partition coefficient (Wildman–Crippen LogP) is 3.58. The standard InChI is InChI=1S/C17H20ClNO4/c1-11(23-17(21)12-6-4-3-5-7-12)16(20)19-14-10-13(18)8-9-15(14)22-2/h3-4,8-12H,5-7H2,1-2H3,(H,19,20). The van der Waals surface area contributed by atoms with Crippen molar-refractivity contribution in [2.24, 2.45) is 5.92 Å². The molecular formula is C17H20ClNO4. The van der Waals surface area contributed by atoms with Crippen LogP contribution in [0.4, 0.5) is 5.69 Å². The van der Waals surface area contributed by atoms with Gasteiger partial charge in [-0.25, -0.2) is 0 Å². The highest BCUT2D eigenvalue weighted by Gasteiger charge is 2.25. The fraction of sp³-hybridized carbons (Fsp3) is 0.412. The van der Waals surface area contributed by atoms with E-state index in [0.717, 1.165) is 12.8 Å². The van der Waals surface area contributed by atoms with Gasteiger partial charge in [-0.3, -0.25) is 9.59 Å². The third-order valence-electron chi connectivity index (χ3n) is 3.68. The minimum Gasteiger partial charge on any atom is -0.495 e. The molecule has 2 unspecified atom stereocenters. The second kappa shape index (κ2) is 8.02. The zero-order valence-electron chi connectivity index (χ0n) is 13.2. The lowest BCUT2D eigenvalue weighted by Crippen LogP contribution is -2.32. The van der Waals surface area contributed by atoms with Gasteiger partial charge in [0.1, 0.15) is 5.75 Å². The predicted molar refractivity (Wildman–Crippen MR) is 88.7 cm³/mol. The lowest BCUT2D eigenvalue weighted by atomic mass is 9.95. The quantitative estimate of drug-likeness (QED) is 0.659. The average molecular weight is 338 g/mol. The molecule has 1 aliphatic rings. The van der Waals surface area contributed by atoms with E-state index in [1.807, 2.05) is 12.2 Å². The molecule has 5 nitrogen and oxygen atoms in total. The Bertz CT molecular complexity index is 615. The molecule has 0 aliphatic heterocycles. The van der Waals surface area contributed by atoms with Gasteiger partial charge in [0.2, 0.25) is 0 Å². The monoisotopic (exact) mass is 337 g/mol. The van der Waals surface area contributed by atoms with E-state index in [9.17, 15) is 9.59 Å². The van der Waals surface area contributed by atoms with Crippen LogP contribution in [0.1, 0.15) is 26.2 Å². The van der Waals surface area contributed by atoms with Crippen molar-refractivity contribution in [2.75, 3.05) is 12.4 Å². The minimum absolute atomic E-state index is 0.170. The fourth-order valence-corrected chi connectivity index (χ4v) is 2.52. The molecule has 0 saturated carbocycles. The van der Waals surface area contributed by atoms with E-state index in [0.29, 0.717) is 22.9 Å². The Labute approximate surface area is 140 Å². The Morgan fingerprint density at radius 2 is 2.13 bits per heavy atom. The van der Waals surface area contributed by atoms with E-state index >= 15 is 0 Å². The summed E-state index contributed by atoms with van der Waals surface area (Å²) in [5.41, 5.74) is 0.438. The molecular weight excluding hydrogens is 318 g/mol. The first-order valence-electron chi connectivity index (χ1n) is 7.51. The third kappa shape index (κ3) is 4.73. The number of hydrogen-bond donors (Lipinski definition) is 1. The Hall–Kier alpha value is -2.01. The minimum atomic E-state index is -0.892. The van der Waals surface area contributed by atoms with Gasteiger partial charge in [-0.05, 0) is 44.4 Å². The summed E-state index contributed by atoms with van der Waals surface area (Å²) in [5, 5.41) is 3.14. The molecule has 0 radical (unpaired) electrons. The number of ether oxygens (including phenoxy) is 2. The number of rotatable bonds is 5. The fourth-order valence-electron chi connectivity index (χ4n) is 2.34. The normalized spacial score (nSPS) is 18.1. The first-order chi connectivity index (χ1) is 11.0. The molecule has 1 aliphatic carbocycles. The van der Waals surface area contributed by atoms with Crippen molar-refractivity contribution < 1.29 is 19.1 Å². The Balaban J connectivity index is 1.96. The van der Waals surface area contributed by atoms with Gasteiger partial charge >= 0.3 is 5.97 Å². The zero-order valence-corrected chi connectivity index (χ0v) is 13.9. The van der Waals surface area contributed by atoms with E-state index < -0.39 is 12.0 Å². The summed E-state index contributed by atoms with van der Waals surface area (Å²) in [5.74, 6) is -0.449. The van der Waals surface area contributed by atoms with E-state index in [4.69, 9.17) is 21.1 Å². The summed E-state index contributed by atoms with van der Waals surface area (Å²) in [6, 6.07) is 4.90. The first kappa shape index (κ1) is 17.3.